The van der Waals surface area contributed by atoms with Crippen LogP contribution in [0.25, 0.3) is 0 Å². The van der Waals surface area contributed by atoms with Crippen LogP contribution in [0, 0.1) is 10.1 Å². The lowest BCUT2D eigenvalue weighted by molar-refractivity contribution is -0.385. The van der Waals surface area contributed by atoms with Gasteiger partial charge in [0.1, 0.15) is 12.9 Å². The molecule has 0 spiro atoms. The Bertz CT molecular complexity index is 455. The largest absolute Gasteiger partial charge is 0.493 e. The molecule has 0 N–H and O–H groups in total. The number of nitrogens with zero attached hydrogens (tertiary/aromatic N) is 1. The number of methoxy groups -OCH3 is 1. The summed E-state index contributed by atoms with van der Waals surface area (Å²) in [5.41, 5.74) is -0.159. The van der Waals surface area contributed by atoms with Gasteiger partial charge in [0, 0.05) is 11.6 Å². The minimum absolute atomic E-state index is 0.0111. The fourth-order valence-corrected chi connectivity index (χ4v) is 1.25. The zero-order valence-electron chi connectivity index (χ0n) is 9.21. The van der Waals surface area contributed by atoms with Crippen LogP contribution in [0.1, 0.15) is 10.4 Å². The van der Waals surface area contributed by atoms with Crippen LogP contribution < -0.4 is 9.47 Å². The lowest BCUT2D eigenvalue weighted by Crippen LogP contribution is -2.02. The molecule has 17 heavy (non-hydrogen) atoms. The number of rotatable bonds is 6. The fourth-order valence-electron chi connectivity index (χ4n) is 1.25. The molecule has 90 valence electrons. The molecule has 0 radical (unpaired) electrons. The Balaban J connectivity index is 3.34. The second-order valence-electron chi connectivity index (χ2n) is 3.05. The number of ether oxygens (including phenoxy) is 2. The van der Waals surface area contributed by atoms with Crippen molar-refractivity contribution >= 4 is 12.0 Å². The molecule has 0 bridgehead atoms. The lowest BCUT2D eigenvalue weighted by Gasteiger charge is -2.09. The molecule has 6 heteroatoms. The van der Waals surface area contributed by atoms with Crippen molar-refractivity contribution in [1.82, 2.24) is 0 Å². The lowest BCUT2D eigenvalue weighted by atomic mass is 10.2. The maximum Gasteiger partial charge on any atom is 0.315 e. The van der Waals surface area contributed by atoms with Gasteiger partial charge in [-0.05, 0) is 6.07 Å². The summed E-state index contributed by atoms with van der Waals surface area (Å²) in [4.78, 5) is 20.9. The molecule has 0 aliphatic rings. The summed E-state index contributed by atoms with van der Waals surface area (Å²) in [6.07, 6.45) is 1.96. The van der Waals surface area contributed by atoms with E-state index in [1.54, 1.807) is 0 Å². The molecular formula is C11H11NO5. The monoisotopic (exact) mass is 237 g/mol. The van der Waals surface area contributed by atoms with Gasteiger partial charge in [-0.1, -0.05) is 12.7 Å². The highest BCUT2D eigenvalue weighted by Crippen LogP contribution is 2.37. The second kappa shape index (κ2) is 5.64. The SMILES string of the molecule is C=CCOc1c(OC)cc(C=O)cc1[N+](=O)[O-]. The first-order chi connectivity index (χ1) is 8.13. The van der Waals surface area contributed by atoms with Gasteiger partial charge >= 0.3 is 5.69 Å². The summed E-state index contributed by atoms with van der Waals surface area (Å²) in [6, 6.07) is 2.51. The van der Waals surface area contributed by atoms with E-state index < -0.39 is 4.92 Å². The van der Waals surface area contributed by atoms with Crippen molar-refractivity contribution in [2.45, 2.75) is 0 Å². The molecular weight excluding hydrogens is 226 g/mol. The van der Waals surface area contributed by atoms with Gasteiger partial charge in [0.15, 0.2) is 5.75 Å². The normalized spacial score (nSPS) is 9.47. The summed E-state index contributed by atoms with van der Waals surface area (Å²) < 4.78 is 10.1. The van der Waals surface area contributed by atoms with Crippen LogP contribution in [-0.2, 0) is 0 Å². The Labute approximate surface area is 97.6 Å². The van der Waals surface area contributed by atoms with Crippen LogP contribution in [0.15, 0.2) is 24.8 Å². The first-order valence-corrected chi connectivity index (χ1v) is 4.69. The fraction of sp³-hybridized carbons (Fsp3) is 0.182. The standard InChI is InChI=1S/C11H11NO5/c1-3-4-17-11-9(12(14)15)5-8(7-13)6-10(11)16-2/h3,5-7H,1,4H2,2H3. The van der Waals surface area contributed by atoms with Crippen LogP contribution in [0.4, 0.5) is 5.69 Å². The van der Waals surface area contributed by atoms with Crippen molar-refractivity contribution in [3.05, 3.63) is 40.5 Å². The Morgan fingerprint density at radius 3 is 2.71 bits per heavy atom. The molecule has 1 rings (SSSR count). The van der Waals surface area contributed by atoms with E-state index in [9.17, 15) is 14.9 Å². The Morgan fingerprint density at radius 1 is 1.53 bits per heavy atom. The Morgan fingerprint density at radius 2 is 2.24 bits per heavy atom. The van der Waals surface area contributed by atoms with E-state index in [0.717, 1.165) is 6.07 Å². The van der Waals surface area contributed by atoms with Gasteiger partial charge in [0.2, 0.25) is 5.75 Å². The third-order valence-corrected chi connectivity index (χ3v) is 1.96. The van der Waals surface area contributed by atoms with Gasteiger partial charge in [-0.3, -0.25) is 14.9 Å². The molecule has 1 aromatic carbocycles. The van der Waals surface area contributed by atoms with Crippen LogP contribution in [0.3, 0.4) is 0 Å². The molecule has 6 nitrogen and oxygen atoms in total. The molecule has 0 aliphatic carbocycles. The number of carbonyl (C=O) groups is 1. The van der Waals surface area contributed by atoms with Gasteiger partial charge in [0.25, 0.3) is 0 Å². The predicted octanol–water partition coefficient (Wildman–Crippen LogP) is 1.98. The zero-order valence-corrected chi connectivity index (χ0v) is 9.21. The summed E-state index contributed by atoms with van der Waals surface area (Å²) in [7, 11) is 1.34. The zero-order chi connectivity index (χ0) is 12.8. The van der Waals surface area contributed by atoms with E-state index in [0.29, 0.717) is 6.29 Å². The highest BCUT2D eigenvalue weighted by Gasteiger charge is 2.21. The molecule has 0 heterocycles. The minimum atomic E-state index is -0.631. The molecule has 0 saturated heterocycles. The number of aldehydes is 1. The third-order valence-electron chi connectivity index (χ3n) is 1.96. The molecule has 0 atom stereocenters. The van der Waals surface area contributed by atoms with Crippen molar-refractivity contribution in [2.75, 3.05) is 13.7 Å². The van der Waals surface area contributed by atoms with Gasteiger partial charge in [0.05, 0.1) is 12.0 Å². The van der Waals surface area contributed by atoms with Gasteiger partial charge < -0.3 is 9.47 Å². The van der Waals surface area contributed by atoms with Crippen molar-refractivity contribution in [1.29, 1.82) is 0 Å². The minimum Gasteiger partial charge on any atom is -0.493 e. The van der Waals surface area contributed by atoms with Gasteiger partial charge in [-0.25, -0.2) is 0 Å². The molecule has 1 aromatic rings. The smallest absolute Gasteiger partial charge is 0.315 e. The first-order valence-electron chi connectivity index (χ1n) is 4.69. The number of nitro benzene ring substituents is 1. The second-order valence-corrected chi connectivity index (χ2v) is 3.05. The summed E-state index contributed by atoms with van der Waals surface area (Å²) in [5, 5.41) is 10.8. The van der Waals surface area contributed by atoms with Crippen molar-refractivity contribution in [2.24, 2.45) is 0 Å². The van der Waals surface area contributed by atoms with Crippen LogP contribution in [0.2, 0.25) is 0 Å². The van der Waals surface area contributed by atoms with E-state index in [-0.39, 0.29) is 29.4 Å². The van der Waals surface area contributed by atoms with Crippen LogP contribution in [-0.4, -0.2) is 24.9 Å². The van der Waals surface area contributed by atoms with E-state index >= 15 is 0 Å². The van der Waals surface area contributed by atoms with Gasteiger partial charge in [-0.2, -0.15) is 0 Å². The molecule has 0 aliphatic heterocycles. The maximum absolute atomic E-state index is 10.8. The van der Waals surface area contributed by atoms with Crippen LogP contribution in [0.5, 0.6) is 11.5 Å². The molecule has 0 saturated carbocycles. The number of benzene rings is 1. The average Bonchev–Trinajstić information content (AvgIpc) is 2.35. The number of hydrogen-bond donors (Lipinski definition) is 0. The van der Waals surface area contributed by atoms with E-state index in [1.807, 2.05) is 0 Å². The number of carbonyl (C=O) groups excluding carboxylic acids is 1. The number of nitro groups is 1. The Kier molecular flexibility index (Phi) is 4.21. The highest BCUT2D eigenvalue weighted by atomic mass is 16.6. The van der Waals surface area contributed by atoms with Crippen molar-refractivity contribution in [3.8, 4) is 11.5 Å². The van der Waals surface area contributed by atoms with E-state index in [2.05, 4.69) is 6.58 Å². The summed E-state index contributed by atoms with van der Waals surface area (Å²) in [6.45, 7) is 3.56. The summed E-state index contributed by atoms with van der Waals surface area (Å²) >= 11 is 0. The topological polar surface area (TPSA) is 78.7 Å². The summed E-state index contributed by atoms with van der Waals surface area (Å²) in [5.74, 6) is 0.131. The number of hydrogen-bond acceptors (Lipinski definition) is 5. The predicted molar refractivity (Wildman–Crippen MR) is 60.7 cm³/mol. The van der Waals surface area contributed by atoms with E-state index in [4.69, 9.17) is 9.47 Å². The molecule has 0 amide bonds. The third kappa shape index (κ3) is 2.81. The Hall–Kier alpha value is -2.37. The molecule has 0 unspecified atom stereocenters. The van der Waals surface area contributed by atoms with E-state index in [1.165, 1.54) is 19.3 Å². The molecule has 0 aromatic heterocycles. The van der Waals surface area contributed by atoms with Crippen molar-refractivity contribution < 1.29 is 19.2 Å². The average molecular weight is 237 g/mol. The molecule has 0 fully saturated rings. The quantitative estimate of drug-likeness (QED) is 0.327. The van der Waals surface area contributed by atoms with Crippen molar-refractivity contribution in [3.63, 3.8) is 0 Å². The maximum atomic E-state index is 10.8. The highest BCUT2D eigenvalue weighted by molar-refractivity contribution is 5.79. The first kappa shape index (κ1) is 12.7. The van der Waals surface area contributed by atoms with Crippen LogP contribution >= 0.6 is 0 Å². The van der Waals surface area contributed by atoms with Gasteiger partial charge in [-0.15, -0.1) is 0 Å².